The SMILES string of the molecule is Cc1ccc2c(=O)cc(C(=O)NC[C@@H](c3ccco3)N3CCCC3)oc2c1. The average molecular weight is 366 g/mol. The lowest BCUT2D eigenvalue weighted by atomic mass is 10.1. The first-order valence-corrected chi connectivity index (χ1v) is 9.22. The molecule has 0 radical (unpaired) electrons. The molecule has 1 saturated heterocycles. The zero-order valence-corrected chi connectivity index (χ0v) is 15.2. The lowest BCUT2D eigenvalue weighted by Crippen LogP contribution is -2.36. The van der Waals surface area contributed by atoms with E-state index in [1.165, 1.54) is 6.07 Å². The molecule has 2 aromatic heterocycles. The summed E-state index contributed by atoms with van der Waals surface area (Å²) in [5.41, 5.74) is 1.17. The van der Waals surface area contributed by atoms with E-state index in [1.54, 1.807) is 18.4 Å². The molecule has 1 N–H and O–H groups in total. The van der Waals surface area contributed by atoms with Gasteiger partial charge in [0.15, 0.2) is 11.2 Å². The van der Waals surface area contributed by atoms with Crippen molar-refractivity contribution in [1.82, 2.24) is 10.2 Å². The summed E-state index contributed by atoms with van der Waals surface area (Å²) < 4.78 is 11.3. The number of hydrogen-bond acceptors (Lipinski definition) is 5. The molecule has 4 rings (SSSR count). The Morgan fingerprint density at radius 1 is 1.22 bits per heavy atom. The maximum Gasteiger partial charge on any atom is 0.287 e. The fraction of sp³-hybridized carbons (Fsp3) is 0.333. The first-order valence-electron chi connectivity index (χ1n) is 9.22. The number of carbonyl (C=O) groups is 1. The Kier molecular flexibility index (Phi) is 4.81. The number of likely N-dealkylation sites (tertiary alicyclic amines) is 1. The second-order valence-corrected chi connectivity index (χ2v) is 6.96. The van der Waals surface area contributed by atoms with Gasteiger partial charge < -0.3 is 14.2 Å². The lowest BCUT2D eigenvalue weighted by molar-refractivity contribution is 0.0906. The molecule has 1 aliphatic heterocycles. The molecule has 3 heterocycles. The van der Waals surface area contributed by atoms with Crippen molar-refractivity contribution in [2.45, 2.75) is 25.8 Å². The molecule has 6 heteroatoms. The normalized spacial score (nSPS) is 15.9. The molecule has 3 aromatic rings. The van der Waals surface area contributed by atoms with Gasteiger partial charge in [0.1, 0.15) is 11.3 Å². The second kappa shape index (κ2) is 7.40. The fourth-order valence-electron chi connectivity index (χ4n) is 3.59. The van der Waals surface area contributed by atoms with E-state index in [2.05, 4.69) is 10.2 Å². The Bertz CT molecular complexity index is 1000. The summed E-state index contributed by atoms with van der Waals surface area (Å²) in [7, 11) is 0. The third kappa shape index (κ3) is 3.66. The number of fused-ring (bicyclic) bond motifs is 1. The van der Waals surface area contributed by atoms with Gasteiger partial charge >= 0.3 is 0 Å². The number of nitrogens with one attached hydrogen (secondary N) is 1. The van der Waals surface area contributed by atoms with Gasteiger partial charge in [0.2, 0.25) is 0 Å². The summed E-state index contributed by atoms with van der Waals surface area (Å²) in [6.07, 6.45) is 3.93. The minimum Gasteiger partial charge on any atom is -0.468 e. The number of benzene rings is 1. The molecular weight excluding hydrogens is 344 g/mol. The van der Waals surface area contributed by atoms with Crippen LogP contribution in [0.1, 0.15) is 40.8 Å². The zero-order chi connectivity index (χ0) is 18.8. The minimum atomic E-state index is -0.397. The van der Waals surface area contributed by atoms with Gasteiger partial charge in [0, 0.05) is 12.6 Å². The van der Waals surface area contributed by atoms with Gasteiger partial charge in [-0.15, -0.1) is 0 Å². The molecule has 6 nitrogen and oxygen atoms in total. The van der Waals surface area contributed by atoms with Crippen molar-refractivity contribution in [1.29, 1.82) is 0 Å². The van der Waals surface area contributed by atoms with Crippen LogP contribution in [-0.4, -0.2) is 30.4 Å². The fourth-order valence-corrected chi connectivity index (χ4v) is 3.59. The van der Waals surface area contributed by atoms with Crippen molar-refractivity contribution in [3.8, 4) is 0 Å². The van der Waals surface area contributed by atoms with E-state index in [0.29, 0.717) is 17.5 Å². The van der Waals surface area contributed by atoms with Crippen molar-refractivity contribution in [3.05, 3.63) is 70.0 Å². The highest BCUT2D eigenvalue weighted by Crippen LogP contribution is 2.25. The zero-order valence-electron chi connectivity index (χ0n) is 15.2. The molecule has 1 amide bonds. The highest BCUT2D eigenvalue weighted by molar-refractivity contribution is 5.93. The third-order valence-corrected chi connectivity index (χ3v) is 5.02. The van der Waals surface area contributed by atoms with Crippen LogP contribution >= 0.6 is 0 Å². The largest absolute Gasteiger partial charge is 0.468 e. The first kappa shape index (κ1) is 17.5. The molecule has 27 heavy (non-hydrogen) atoms. The second-order valence-electron chi connectivity index (χ2n) is 6.96. The van der Waals surface area contributed by atoms with Gasteiger partial charge in [-0.3, -0.25) is 14.5 Å². The van der Waals surface area contributed by atoms with E-state index >= 15 is 0 Å². The van der Waals surface area contributed by atoms with E-state index in [1.807, 2.05) is 25.1 Å². The van der Waals surface area contributed by atoms with E-state index in [0.717, 1.165) is 37.3 Å². The molecule has 0 bridgehead atoms. The summed E-state index contributed by atoms with van der Waals surface area (Å²) in [5.74, 6) is 0.455. The molecule has 0 spiro atoms. The van der Waals surface area contributed by atoms with Crippen molar-refractivity contribution in [2.75, 3.05) is 19.6 Å². The number of nitrogens with zero attached hydrogens (tertiary/aromatic N) is 1. The van der Waals surface area contributed by atoms with Crippen molar-refractivity contribution in [3.63, 3.8) is 0 Å². The summed E-state index contributed by atoms with van der Waals surface area (Å²) in [6, 6.07) is 10.3. The highest BCUT2D eigenvalue weighted by Gasteiger charge is 2.26. The van der Waals surface area contributed by atoms with Crippen LogP contribution in [0.3, 0.4) is 0 Å². The number of furan rings is 1. The van der Waals surface area contributed by atoms with Crippen LogP contribution in [0.2, 0.25) is 0 Å². The minimum absolute atomic E-state index is 0.0257. The van der Waals surface area contributed by atoms with Crippen LogP contribution in [0.4, 0.5) is 0 Å². The Morgan fingerprint density at radius 3 is 2.78 bits per heavy atom. The summed E-state index contributed by atoms with van der Waals surface area (Å²) in [6.45, 7) is 4.26. The maximum atomic E-state index is 12.6. The average Bonchev–Trinajstić information content (AvgIpc) is 3.35. The molecule has 1 fully saturated rings. The quantitative estimate of drug-likeness (QED) is 0.750. The first-order chi connectivity index (χ1) is 13.1. The number of carbonyl (C=O) groups excluding carboxylic acids is 1. The van der Waals surface area contributed by atoms with Gasteiger partial charge in [-0.05, 0) is 62.7 Å². The van der Waals surface area contributed by atoms with Gasteiger partial charge in [-0.2, -0.15) is 0 Å². The van der Waals surface area contributed by atoms with Crippen molar-refractivity contribution in [2.24, 2.45) is 0 Å². The lowest BCUT2D eigenvalue weighted by Gasteiger charge is -2.25. The summed E-state index contributed by atoms with van der Waals surface area (Å²) in [4.78, 5) is 27.2. The Morgan fingerprint density at radius 2 is 2.04 bits per heavy atom. The van der Waals surface area contributed by atoms with Crippen LogP contribution in [-0.2, 0) is 0 Å². The monoisotopic (exact) mass is 366 g/mol. The third-order valence-electron chi connectivity index (χ3n) is 5.02. The van der Waals surface area contributed by atoms with Gasteiger partial charge in [-0.25, -0.2) is 0 Å². The number of amides is 1. The maximum absolute atomic E-state index is 12.6. The molecular formula is C21H22N2O4. The van der Waals surface area contributed by atoms with E-state index in [-0.39, 0.29) is 17.2 Å². The topological polar surface area (TPSA) is 75.7 Å². The summed E-state index contributed by atoms with van der Waals surface area (Å²) in [5, 5.41) is 3.37. The predicted octanol–water partition coefficient (Wildman–Crippen LogP) is 3.26. The van der Waals surface area contributed by atoms with Gasteiger partial charge in [-0.1, -0.05) is 6.07 Å². The van der Waals surface area contributed by atoms with Crippen LogP contribution in [0.15, 0.2) is 56.3 Å². The standard InChI is InChI=1S/C21H22N2O4/c1-14-6-7-15-17(24)12-20(27-19(15)11-14)21(25)22-13-16(18-5-4-10-26-18)23-8-2-3-9-23/h4-7,10-12,16H,2-3,8-9,13H2,1H3,(H,22,25)/t16-/m0/s1. The number of aryl methyl sites for hydroxylation is 1. The van der Waals surface area contributed by atoms with Crippen LogP contribution in [0.5, 0.6) is 0 Å². The summed E-state index contributed by atoms with van der Waals surface area (Å²) >= 11 is 0. The predicted molar refractivity (Wildman–Crippen MR) is 102 cm³/mol. The van der Waals surface area contributed by atoms with Crippen LogP contribution in [0, 0.1) is 6.92 Å². The molecule has 140 valence electrons. The molecule has 0 saturated carbocycles. The van der Waals surface area contributed by atoms with Gasteiger partial charge in [0.25, 0.3) is 5.91 Å². The van der Waals surface area contributed by atoms with Crippen molar-refractivity contribution < 1.29 is 13.6 Å². The Hall–Kier alpha value is -2.86. The smallest absolute Gasteiger partial charge is 0.287 e. The molecule has 0 unspecified atom stereocenters. The molecule has 1 aliphatic rings. The van der Waals surface area contributed by atoms with Gasteiger partial charge in [0.05, 0.1) is 17.7 Å². The Balaban J connectivity index is 1.54. The molecule has 1 atom stereocenters. The number of rotatable bonds is 5. The highest BCUT2D eigenvalue weighted by atomic mass is 16.3. The number of hydrogen-bond donors (Lipinski definition) is 1. The van der Waals surface area contributed by atoms with E-state index in [9.17, 15) is 9.59 Å². The Labute approximate surface area is 156 Å². The van der Waals surface area contributed by atoms with Crippen LogP contribution < -0.4 is 10.7 Å². The van der Waals surface area contributed by atoms with Crippen molar-refractivity contribution >= 4 is 16.9 Å². The molecule has 0 aliphatic carbocycles. The molecule has 1 aromatic carbocycles. The van der Waals surface area contributed by atoms with E-state index in [4.69, 9.17) is 8.83 Å². The van der Waals surface area contributed by atoms with Crippen LogP contribution in [0.25, 0.3) is 11.0 Å². The van der Waals surface area contributed by atoms with E-state index < -0.39 is 5.91 Å².